The summed E-state index contributed by atoms with van der Waals surface area (Å²) in [6, 6.07) is 0.0252. The van der Waals surface area contributed by atoms with Crippen LogP contribution in [-0.2, 0) is 9.53 Å². The van der Waals surface area contributed by atoms with E-state index in [1.165, 1.54) is 0 Å². The molecule has 0 radical (unpaired) electrons. The molecule has 0 aromatic carbocycles. The van der Waals surface area contributed by atoms with Gasteiger partial charge in [-0.15, -0.1) is 0 Å². The predicted octanol–water partition coefficient (Wildman–Crippen LogP) is 0.408. The van der Waals surface area contributed by atoms with Crippen molar-refractivity contribution in [3.8, 4) is 0 Å². The number of carboxylic acids is 1. The van der Waals surface area contributed by atoms with E-state index in [-0.39, 0.29) is 12.0 Å². The minimum absolute atomic E-state index is 0.0252. The van der Waals surface area contributed by atoms with Crippen molar-refractivity contribution in [1.29, 1.82) is 0 Å². The summed E-state index contributed by atoms with van der Waals surface area (Å²) < 4.78 is 5.28. The molecule has 0 amide bonds. The maximum atomic E-state index is 10.8. The molecule has 0 aliphatic carbocycles. The zero-order valence-electron chi connectivity index (χ0n) is 10.8. The van der Waals surface area contributed by atoms with E-state index >= 15 is 0 Å². The number of hydrogen-bond donors (Lipinski definition) is 2. The first-order chi connectivity index (χ1) is 8.11. The van der Waals surface area contributed by atoms with Gasteiger partial charge in [-0.05, 0) is 26.4 Å². The van der Waals surface area contributed by atoms with Crippen LogP contribution in [0.5, 0.6) is 0 Å². The topological polar surface area (TPSA) is 61.8 Å². The fourth-order valence-corrected chi connectivity index (χ4v) is 1.85. The third-order valence-corrected chi connectivity index (χ3v) is 3.36. The normalized spacial score (nSPS) is 21.1. The zero-order valence-corrected chi connectivity index (χ0v) is 10.8. The van der Waals surface area contributed by atoms with Gasteiger partial charge in [-0.25, -0.2) is 0 Å². The molecule has 100 valence electrons. The Balaban J connectivity index is 2.04. The van der Waals surface area contributed by atoms with Crippen LogP contribution >= 0.6 is 0 Å². The molecule has 1 aliphatic rings. The van der Waals surface area contributed by atoms with Gasteiger partial charge in [0.2, 0.25) is 0 Å². The van der Waals surface area contributed by atoms with Gasteiger partial charge in [-0.2, -0.15) is 0 Å². The Morgan fingerprint density at radius 1 is 1.41 bits per heavy atom. The minimum atomic E-state index is -0.738. The van der Waals surface area contributed by atoms with Gasteiger partial charge in [0.1, 0.15) is 0 Å². The Morgan fingerprint density at radius 3 is 2.65 bits per heavy atom. The largest absolute Gasteiger partial charge is 0.481 e. The number of rotatable bonds is 7. The van der Waals surface area contributed by atoms with Gasteiger partial charge in [-0.1, -0.05) is 6.92 Å². The van der Waals surface area contributed by atoms with Crippen LogP contribution in [0.1, 0.15) is 20.3 Å². The van der Waals surface area contributed by atoms with Crippen molar-refractivity contribution in [2.24, 2.45) is 5.92 Å². The van der Waals surface area contributed by atoms with Gasteiger partial charge >= 0.3 is 5.97 Å². The number of aliphatic carboxylic acids is 1. The maximum absolute atomic E-state index is 10.8. The van der Waals surface area contributed by atoms with Crippen molar-refractivity contribution in [3.05, 3.63) is 0 Å². The summed E-state index contributed by atoms with van der Waals surface area (Å²) in [5, 5.41) is 12.1. The number of nitrogens with one attached hydrogen (secondary N) is 1. The van der Waals surface area contributed by atoms with E-state index in [0.29, 0.717) is 0 Å². The van der Waals surface area contributed by atoms with Crippen LogP contribution in [0.15, 0.2) is 0 Å². The quantitative estimate of drug-likeness (QED) is 0.635. The fourth-order valence-electron chi connectivity index (χ4n) is 1.85. The molecule has 5 heteroatoms. The van der Waals surface area contributed by atoms with E-state index in [0.717, 1.165) is 45.8 Å². The molecule has 1 heterocycles. The lowest BCUT2D eigenvalue weighted by atomic mass is 10.0. The number of nitrogens with zero attached hydrogens (tertiary/aromatic N) is 1. The molecule has 0 saturated carbocycles. The first-order valence-corrected chi connectivity index (χ1v) is 6.37. The lowest BCUT2D eigenvalue weighted by Crippen LogP contribution is -2.40. The van der Waals surface area contributed by atoms with Crippen LogP contribution in [0.4, 0.5) is 0 Å². The van der Waals surface area contributed by atoms with Crippen LogP contribution < -0.4 is 5.32 Å². The molecule has 0 spiro atoms. The summed E-state index contributed by atoms with van der Waals surface area (Å²) >= 11 is 0. The minimum Gasteiger partial charge on any atom is -0.481 e. The summed E-state index contributed by atoms with van der Waals surface area (Å²) in [7, 11) is 0. The molecule has 0 bridgehead atoms. The Hall–Kier alpha value is -0.650. The Kier molecular flexibility index (Phi) is 6.47. The number of morpholine rings is 1. The fraction of sp³-hybridized carbons (Fsp3) is 0.917. The van der Waals surface area contributed by atoms with Crippen LogP contribution in [0.3, 0.4) is 0 Å². The molecule has 2 atom stereocenters. The monoisotopic (exact) mass is 244 g/mol. The molecular formula is C12H24N2O3. The van der Waals surface area contributed by atoms with E-state index in [2.05, 4.69) is 10.2 Å². The van der Waals surface area contributed by atoms with Crippen molar-refractivity contribution in [2.45, 2.75) is 26.3 Å². The Bertz CT molecular complexity index is 230. The van der Waals surface area contributed by atoms with E-state index in [1.807, 2.05) is 6.92 Å². The van der Waals surface area contributed by atoms with Gasteiger partial charge in [0.25, 0.3) is 0 Å². The number of carboxylic acid groups (broad SMARTS) is 1. The first kappa shape index (κ1) is 14.4. The van der Waals surface area contributed by atoms with Crippen LogP contribution in [0.25, 0.3) is 0 Å². The average Bonchev–Trinajstić information content (AvgIpc) is 2.34. The summed E-state index contributed by atoms with van der Waals surface area (Å²) in [5.41, 5.74) is 0. The second kappa shape index (κ2) is 7.63. The summed E-state index contributed by atoms with van der Waals surface area (Å²) in [6.07, 6.45) is 1.05. The lowest BCUT2D eigenvalue weighted by Gasteiger charge is -2.27. The van der Waals surface area contributed by atoms with E-state index in [4.69, 9.17) is 9.84 Å². The Labute approximate surface area is 103 Å². The van der Waals surface area contributed by atoms with Crippen molar-refractivity contribution in [3.63, 3.8) is 0 Å². The average molecular weight is 244 g/mol. The van der Waals surface area contributed by atoms with Crippen molar-refractivity contribution < 1.29 is 14.6 Å². The van der Waals surface area contributed by atoms with E-state index < -0.39 is 5.97 Å². The highest BCUT2D eigenvalue weighted by Crippen LogP contribution is 2.02. The number of ether oxygens (including phenoxy) is 1. The molecule has 1 saturated heterocycles. The van der Waals surface area contributed by atoms with Crippen molar-refractivity contribution in [2.75, 3.05) is 39.4 Å². The highest BCUT2D eigenvalue weighted by atomic mass is 16.5. The van der Waals surface area contributed by atoms with Gasteiger partial charge < -0.3 is 15.2 Å². The molecule has 1 aliphatic heterocycles. The molecule has 17 heavy (non-hydrogen) atoms. The molecule has 0 aromatic heterocycles. The predicted molar refractivity (Wildman–Crippen MR) is 66.1 cm³/mol. The second-order valence-corrected chi connectivity index (χ2v) is 4.68. The Morgan fingerprint density at radius 2 is 2.06 bits per heavy atom. The van der Waals surface area contributed by atoms with E-state index in [1.54, 1.807) is 6.92 Å². The molecule has 1 rings (SSSR count). The summed E-state index contributed by atoms with van der Waals surface area (Å²) in [5.74, 6) is -1.07. The van der Waals surface area contributed by atoms with Gasteiger partial charge in [0.15, 0.2) is 0 Å². The highest BCUT2D eigenvalue weighted by molar-refractivity contribution is 5.70. The third kappa shape index (κ3) is 5.48. The SMILES string of the molecule is CC(NCCCN1CCOCC1)C(C)C(=O)O. The molecule has 1 fully saturated rings. The van der Waals surface area contributed by atoms with Crippen LogP contribution in [0.2, 0.25) is 0 Å². The van der Waals surface area contributed by atoms with E-state index in [9.17, 15) is 4.79 Å². The molecule has 5 nitrogen and oxygen atoms in total. The third-order valence-electron chi connectivity index (χ3n) is 3.36. The second-order valence-electron chi connectivity index (χ2n) is 4.68. The van der Waals surface area contributed by atoms with Gasteiger partial charge in [0, 0.05) is 19.1 Å². The molecule has 0 aromatic rings. The number of carbonyl (C=O) groups is 1. The van der Waals surface area contributed by atoms with Crippen molar-refractivity contribution >= 4 is 5.97 Å². The van der Waals surface area contributed by atoms with Gasteiger partial charge in [-0.3, -0.25) is 9.69 Å². The highest BCUT2D eigenvalue weighted by Gasteiger charge is 2.18. The molecule has 2 unspecified atom stereocenters. The van der Waals surface area contributed by atoms with Crippen LogP contribution in [-0.4, -0.2) is 61.4 Å². The van der Waals surface area contributed by atoms with Crippen molar-refractivity contribution in [1.82, 2.24) is 10.2 Å². The zero-order chi connectivity index (χ0) is 12.7. The number of hydrogen-bond acceptors (Lipinski definition) is 4. The standard InChI is InChI=1S/C12H24N2O3/c1-10(12(15)16)11(2)13-4-3-5-14-6-8-17-9-7-14/h10-11,13H,3-9H2,1-2H3,(H,15,16). The molecule has 2 N–H and O–H groups in total. The van der Waals surface area contributed by atoms with Gasteiger partial charge in [0.05, 0.1) is 19.1 Å². The summed E-state index contributed by atoms with van der Waals surface area (Å²) in [6.45, 7) is 9.29. The maximum Gasteiger partial charge on any atom is 0.307 e. The lowest BCUT2D eigenvalue weighted by molar-refractivity contribution is -0.141. The van der Waals surface area contributed by atoms with Crippen LogP contribution in [0, 0.1) is 5.92 Å². The smallest absolute Gasteiger partial charge is 0.307 e. The molecular weight excluding hydrogens is 220 g/mol. The first-order valence-electron chi connectivity index (χ1n) is 6.37. The summed E-state index contributed by atoms with van der Waals surface area (Å²) in [4.78, 5) is 13.1.